The summed E-state index contributed by atoms with van der Waals surface area (Å²) >= 11 is 0. The molecule has 2 fully saturated rings. The molecule has 0 bridgehead atoms. The molecule has 1 saturated heterocycles. The third-order valence-electron chi connectivity index (χ3n) is 5.97. The minimum absolute atomic E-state index is 0.0431. The predicted molar refractivity (Wildman–Crippen MR) is 101 cm³/mol. The molecule has 144 valence electrons. The summed E-state index contributed by atoms with van der Waals surface area (Å²) in [6.07, 6.45) is 4.71. The molecule has 2 aromatic rings. The van der Waals surface area contributed by atoms with Gasteiger partial charge in [-0.25, -0.2) is 14.5 Å². The van der Waals surface area contributed by atoms with Crippen LogP contribution in [0, 0.1) is 5.41 Å². The third-order valence-corrected chi connectivity index (χ3v) is 5.97. The Kier molecular flexibility index (Phi) is 4.86. The number of carbonyl (C=O) groups excluding carboxylic acids is 1. The molecular weight excluding hydrogens is 344 g/mol. The average molecular weight is 370 g/mol. The van der Waals surface area contributed by atoms with Crippen LogP contribution in [0.15, 0.2) is 35.1 Å². The van der Waals surface area contributed by atoms with Crippen LogP contribution >= 0.6 is 0 Å². The fourth-order valence-electron chi connectivity index (χ4n) is 4.42. The number of hydrogen-bond acceptors (Lipinski definition) is 4. The highest BCUT2D eigenvalue weighted by molar-refractivity contribution is 5.84. The van der Waals surface area contributed by atoms with Gasteiger partial charge in [0.2, 0.25) is 5.91 Å². The lowest BCUT2D eigenvalue weighted by Gasteiger charge is -2.45. The minimum atomic E-state index is -0.346. The van der Waals surface area contributed by atoms with Crippen molar-refractivity contribution in [3.8, 4) is 5.69 Å². The summed E-state index contributed by atoms with van der Waals surface area (Å²) < 4.78 is 6.97. The molecule has 0 spiro atoms. The van der Waals surface area contributed by atoms with E-state index in [4.69, 9.17) is 4.74 Å². The van der Waals surface area contributed by atoms with Crippen molar-refractivity contribution in [2.45, 2.75) is 38.0 Å². The van der Waals surface area contributed by atoms with E-state index in [0.29, 0.717) is 19.0 Å². The molecule has 1 amide bonds. The number of rotatable bonds is 5. The SMILES string of the molecule is COCC1(C(=O)N2CCC[C@@H](c3n[nH]c(=O)n3-c3ccccc3)C2)CCC1. The summed E-state index contributed by atoms with van der Waals surface area (Å²) in [5.74, 6) is 0.948. The number of likely N-dealkylation sites (tertiary alicyclic amines) is 1. The lowest BCUT2D eigenvalue weighted by molar-refractivity contribution is -0.153. The maximum absolute atomic E-state index is 13.2. The second kappa shape index (κ2) is 7.31. The van der Waals surface area contributed by atoms with Crippen LogP contribution in [0.5, 0.6) is 0 Å². The highest BCUT2D eigenvalue weighted by Gasteiger charge is 2.47. The van der Waals surface area contributed by atoms with Crippen LogP contribution in [-0.4, -0.2) is 52.4 Å². The number of carbonyl (C=O) groups is 1. The van der Waals surface area contributed by atoms with Gasteiger partial charge in [0.05, 0.1) is 17.7 Å². The Morgan fingerprint density at radius 1 is 1.30 bits per heavy atom. The summed E-state index contributed by atoms with van der Waals surface area (Å²) in [6, 6.07) is 9.52. The maximum atomic E-state index is 13.2. The van der Waals surface area contributed by atoms with Gasteiger partial charge >= 0.3 is 5.69 Å². The first-order valence-corrected chi connectivity index (χ1v) is 9.66. The first kappa shape index (κ1) is 18.0. The monoisotopic (exact) mass is 370 g/mol. The van der Waals surface area contributed by atoms with Crippen molar-refractivity contribution >= 4 is 5.91 Å². The van der Waals surface area contributed by atoms with Gasteiger partial charge in [0.1, 0.15) is 5.82 Å². The van der Waals surface area contributed by atoms with Crippen molar-refractivity contribution in [2.75, 3.05) is 26.8 Å². The minimum Gasteiger partial charge on any atom is -0.384 e. The van der Waals surface area contributed by atoms with Gasteiger partial charge < -0.3 is 9.64 Å². The van der Waals surface area contributed by atoms with E-state index in [9.17, 15) is 9.59 Å². The Hall–Kier alpha value is -2.41. The Morgan fingerprint density at radius 2 is 2.07 bits per heavy atom. The van der Waals surface area contributed by atoms with Gasteiger partial charge in [-0.3, -0.25) is 4.79 Å². The topological polar surface area (TPSA) is 80.2 Å². The number of H-pyrrole nitrogens is 1. The number of benzene rings is 1. The number of amides is 1. The van der Waals surface area contributed by atoms with E-state index < -0.39 is 0 Å². The smallest absolute Gasteiger partial charge is 0.347 e. The fraction of sp³-hybridized carbons (Fsp3) is 0.550. The first-order valence-electron chi connectivity index (χ1n) is 9.66. The molecule has 1 N–H and O–H groups in total. The maximum Gasteiger partial charge on any atom is 0.347 e. The first-order chi connectivity index (χ1) is 13.1. The highest BCUT2D eigenvalue weighted by Crippen LogP contribution is 2.43. The van der Waals surface area contributed by atoms with Crippen molar-refractivity contribution in [3.05, 3.63) is 46.6 Å². The molecule has 1 aliphatic heterocycles. The second-order valence-corrected chi connectivity index (χ2v) is 7.72. The van der Waals surface area contributed by atoms with E-state index in [0.717, 1.165) is 44.3 Å². The second-order valence-electron chi connectivity index (χ2n) is 7.72. The van der Waals surface area contributed by atoms with Gasteiger partial charge in [0.15, 0.2) is 0 Å². The number of para-hydroxylation sites is 1. The van der Waals surface area contributed by atoms with E-state index in [1.807, 2.05) is 35.2 Å². The Labute approximate surface area is 158 Å². The lowest BCUT2D eigenvalue weighted by atomic mass is 9.68. The van der Waals surface area contributed by atoms with Crippen LogP contribution in [0.4, 0.5) is 0 Å². The van der Waals surface area contributed by atoms with Gasteiger partial charge in [-0.2, -0.15) is 5.10 Å². The van der Waals surface area contributed by atoms with Crippen LogP contribution in [0.25, 0.3) is 5.69 Å². The van der Waals surface area contributed by atoms with Crippen LogP contribution in [0.3, 0.4) is 0 Å². The standard InChI is InChI=1S/C20H26N4O3/c1-27-14-20(10-6-11-20)18(25)23-12-5-7-15(13-23)17-21-22-19(26)24(17)16-8-3-2-4-9-16/h2-4,8-9,15H,5-7,10-14H2,1H3,(H,22,26)/t15-/m1/s1. The molecule has 27 heavy (non-hydrogen) atoms. The van der Waals surface area contributed by atoms with Crippen molar-refractivity contribution in [2.24, 2.45) is 5.41 Å². The normalized spacial score (nSPS) is 21.7. The zero-order valence-corrected chi connectivity index (χ0v) is 15.7. The van der Waals surface area contributed by atoms with E-state index in [1.54, 1.807) is 11.7 Å². The third kappa shape index (κ3) is 3.20. The fourth-order valence-corrected chi connectivity index (χ4v) is 4.42. The molecule has 0 radical (unpaired) electrons. The number of piperidine rings is 1. The van der Waals surface area contributed by atoms with E-state index in [2.05, 4.69) is 10.2 Å². The van der Waals surface area contributed by atoms with E-state index >= 15 is 0 Å². The Balaban J connectivity index is 1.58. The van der Waals surface area contributed by atoms with Crippen LogP contribution in [0.2, 0.25) is 0 Å². The number of ether oxygens (including phenoxy) is 1. The number of nitrogens with zero attached hydrogens (tertiary/aromatic N) is 3. The van der Waals surface area contributed by atoms with Crippen LogP contribution in [0.1, 0.15) is 43.8 Å². The summed E-state index contributed by atoms with van der Waals surface area (Å²) in [7, 11) is 1.66. The molecule has 1 saturated carbocycles. The van der Waals surface area contributed by atoms with Gasteiger partial charge in [0.25, 0.3) is 0 Å². The molecule has 2 heterocycles. The molecule has 1 aromatic carbocycles. The molecular formula is C20H26N4O3. The van der Waals surface area contributed by atoms with Crippen molar-refractivity contribution in [1.82, 2.24) is 19.7 Å². The van der Waals surface area contributed by atoms with Crippen molar-refractivity contribution < 1.29 is 9.53 Å². The molecule has 2 aliphatic rings. The zero-order chi connectivity index (χ0) is 18.9. The van der Waals surface area contributed by atoms with Gasteiger partial charge in [-0.15, -0.1) is 0 Å². The Bertz CT molecular complexity index is 854. The molecule has 1 atom stereocenters. The lowest BCUT2D eigenvalue weighted by Crippen LogP contribution is -2.52. The molecule has 4 rings (SSSR count). The summed E-state index contributed by atoms with van der Waals surface area (Å²) in [5, 5.41) is 6.89. The summed E-state index contributed by atoms with van der Waals surface area (Å²) in [4.78, 5) is 27.5. The van der Waals surface area contributed by atoms with Gasteiger partial charge in [-0.05, 0) is 37.8 Å². The van der Waals surface area contributed by atoms with Crippen LogP contribution in [-0.2, 0) is 9.53 Å². The molecule has 7 nitrogen and oxygen atoms in total. The van der Waals surface area contributed by atoms with E-state index in [1.165, 1.54) is 0 Å². The molecule has 1 aromatic heterocycles. The number of nitrogens with one attached hydrogen (secondary N) is 1. The Morgan fingerprint density at radius 3 is 2.74 bits per heavy atom. The number of hydrogen-bond donors (Lipinski definition) is 1. The predicted octanol–water partition coefficient (Wildman–Crippen LogP) is 2.08. The summed E-state index contributed by atoms with van der Waals surface area (Å²) in [6.45, 7) is 1.85. The number of methoxy groups -OCH3 is 1. The number of aromatic nitrogens is 3. The van der Waals surface area contributed by atoms with Gasteiger partial charge in [0, 0.05) is 26.1 Å². The largest absolute Gasteiger partial charge is 0.384 e. The molecule has 1 aliphatic carbocycles. The average Bonchev–Trinajstić information content (AvgIpc) is 3.06. The number of aromatic amines is 1. The van der Waals surface area contributed by atoms with Crippen LogP contribution < -0.4 is 5.69 Å². The van der Waals surface area contributed by atoms with Crippen molar-refractivity contribution in [1.29, 1.82) is 0 Å². The molecule has 0 unspecified atom stereocenters. The van der Waals surface area contributed by atoms with E-state index in [-0.39, 0.29) is 22.9 Å². The molecule has 7 heteroatoms. The van der Waals surface area contributed by atoms with Gasteiger partial charge in [-0.1, -0.05) is 24.6 Å². The van der Waals surface area contributed by atoms with Crippen molar-refractivity contribution in [3.63, 3.8) is 0 Å². The zero-order valence-electron chi connectivity index (χ0n) is 15.7. The summed E-state index contributed by atoms with van der Waals surface area (Å²) in [5.41, 5.74) is 0.209. The quantitative estimate of drug-likeness (QED) is 0.874. The highest BCUT2D eigenvalue weighted by atomic mass is 16.5.